The first kappa shape index (κ1) is 12.6. The van der Waals surface area contributed by atoms with Crippen LogP contribution in [-0.4, -0.2) is 16.2 Å². The second-order valence-electron chi connectivity index (χ2n) is 3.50. The Bertz CT molecular complexity index is 551. The highest BCUT2D eigenvalue weighted by atomic mass is 32.2. The molecule has 0 aliphatic carbocycles. The molecule has 18 heavy (non-hydrogen) atoms. The maximum atomic E-state index is 13.4. The summed E-state index contributed by atoms with van der Waals surface area (Å²) >= 11 is 1.37. The summed E-state index contributed by atoms with van der Waals surface area (Å²) < 4.78 is 18.8. The zero-order chi connectivity index (χ0) is 13.0. The first-order valence-electron chi connectivity index (χ1n) is 5.24. The molecule has 94 valence electrons. The maximum Gasteiger partial charge on any atom is 0.219 e. The molecule has 0 saturated carbocycles. The fourth-order valence-electron chi connectivity index (χ4n) is 1.35. The van der Waals surface area contributed by atoms with Crippen molar-refractivity contribution in [3.63, 3.8) is 0 Å². The van der Waals surface area contributed by atoms with E-state index < -0.39 is 0 Å². The van der Waals surface area contributed by atoms with Gasteiger partial charge in [-0.1, -0.05) is 30.0 Å². The van der Waals surface area contributed by atoms with Gasteiger partial charge in [0.2, 0.25) is 5.88 Å². The molecule has 1 aromatic carbocycles. The van der Waals surface area contributed by atoms with Crippen molar-refractivity contribution in [2.45, 2.75) is 11.8 Å². The Morgan fingerprint density at radius 1 is 1.33 bits per heavy atom. The van der Waals surface area contributed by atoms with Gasteiger partial charge in [-0.2, -0.15) is 4.98 Å². The highest BCUT2D eigenvalue weighted by Crippen LogP contribution is 2.18. The van der Waals surface area contributed by atoms with Crippen LogP contribution in [0.2, 0.25) is 0 Å². The molecule has 4 nitrogen and oxygen atoms in total. The van der Waals surface area contributed by atoms with E-state index in [1.807, 2.05) is 6.26 Å². The Morgan fingerprint density at radius 3 is 2.83 bits per heavy atom. The van der Waals surface area contributed by atoms with Gasteiger partial charge in [-0.3, -0.25) is 0 Å². The SMILES string of the molecule is CSc1nc(N)cc(OCc2ccccc2F)n1. The van der Waals surface area contributed by atoms with E-state index in [0.717, 1.165) is 0 Å². The second kappa shape index (κ2) is 5.68. The summed E-state index contributed by atoms with van der Waals surface area (Å²) in [6.07, 6.45) is 1.84. The van der Waals surface area contributed by atoms with Crippen LogP contribution in [-0.2, 0) is 6.61 Å². The Morgan fingerprint density at radius 2 is 2.11 bits per heavy atom. The number of halogens is 1. The van der Waals surface area contributed by atoms with Crippen molar-refractivity contribution in [1.82, 2.24) is 9.97 Å². The van der Waals surface area contributed by atoms with E-state index in [9.17, 15) is 4.39 Å². The van der Waals surface area contributed by atoms with Gasteiger partial charge in [-0.25, -0.2) is 9.37 Å². The maximum absolute atomic E-state index is 13.4. The van der Waals surface area contributed by atoms with Crippen LogP contribution in [0.1, 0.15) is 5.56 Å². The lowest BCUT2D eigenvalue weighted by Crippen LogP contribution is -2.02. The molecule has 2 aromatic rings. The molecule has 0 bridgehead atoms. The summed E-state index contributed by atoms with van der Waals surface area (Å²) in [6, 6.07) is 7.95. The topological polar surface area (TPSA) is 61.0 Å². The summed E-state index contributed by atoms with van der Waals surface area (Å²) in [5.74, 6) is 0.373. The standard InChI is InChI=1S/C12H12FN3OS/c1-18-12-15-10(14)6-11(16-12)17-7-8-4-2-3-5-9(8)13/h2-6H,7H2,1H3,(H2,14,15,16). The molecule has 2 N–H and O–H groups in total. The van der Waals surface area contributed by atoms with E-state index in [-0.39, 0.29) is 12.4 Å². The van der Waals surface area contributed by atoms with Gasteiger partial charge in [0.1, 0.15) is 18.2 Å². The Hall–Kier alpha value is -1.82. The lowest BCUT2D eigenvalue weighted by atomic mass is 10.2. The van der Waals surface area contributed by atoms with Crippen LogP contribution < -0.4 is 10.5 Å². The number of hydrogen-bond acceptors (Lipinski definition) is 5. The number of aromatic nitrogens is 2. The van der Waals surface area contributed by atoms with Gasteiger partial charge in [-0.05, 0) is 12.3 Å². The Labute approximate surface area is 108 Å². The van der Waals surface area contributed by atoms with Crippen LogP contribution >= 0.6 is 11.8 Å². The van der Waals surface area contributed by atoms with E-state index in [2.05, 4.69) is 9.97 Å². The largest absolute Gasteiger partial charge is 0.473 e. The molecule has 0 unspecified atom stereocenters. The number of nitrogens with two attached hydrogens (primary N) is 1. The van der Waals surface area contributed by atoms with Crippen LogP contribution in [0.15, 0.2) is 35.5 Å². The lowest BCUT2D eigenvalue weighted by molar-refractivity contribution is 0.285. The predicted molar refractivity (Wildman–Crippen MR) is 69.0 cm³/mol. The molecule has 0 spiro atoms. The van der Waals surface area contributed by atoms with Crippen molar-refractivity contribution in [2.24, 2.45) is 0 Å². The van der Waals surface area contributed by atoms with Crippen molar-refractivity contribution in [3.05, 3.63) is 41.7 Å². The van der Waals surface area contributed by atoms with Crippen molar-refractivity contribution in [3.8, 4) is 5.88 Å². The average molecular weight is 265 g/mol. The number of thioether (sulfide) groups is 1. The van der Waals surface area contributed by atoms with Gasteiger partial charge in [0, 0.05) is 11.6 Å². The number of rotatable bonds is 4. The molecule has 1 aromatic heterocycles. The first-order chi connectivity index (χ1) is 8.69. The number of nitrogen functional groups attached to an aromatic ring is 1. The minimum absolute atomic E-state index is 0.108. The van der Waals surface area contributed by atoms with Gasteiger partial charge < -0.3 is 10.5 Å². The minimum atomic E-state index is -0.301. The van der Waals surface area contributed by atoms with Gasteiger partial charge in [0.15, 0.2) is 5.16 Å². The van der Waals surface area contributed by atoms with Crippen molar-refractivity contribution in [1.29, 1.82) is 0 Å². The van der Waals surface area contributed by atoms with Gasteiger partial charge in [0.25, 0.3) is 0 Å². The first-order valence-corrected chi connectivity index (χ1v) is 6.46. The van der Waals surface area contributed by atoms with Crippen LogP contribution in [0, 0.1) is 5.82 Å². The number of benzene rings is 1. The third kappa shape index (κ3) is 3.10. The Balaban J connectivity index is 2.11. The number of ether oxygens (including phenoxy) is 1. The predicted octanol–water partition coefficient (Wildman–Crippen LogP) is 2.50. The summed E-state index contributed by atoms with van der Waals surface area (Å²) in [4.78, 5) is 8.12. The fraction of sp³-hybridized carbons (Fsp3) is 0.167. The normalized spacial score (nSPS) is 10.3. The second-order valence-corrected chi connectivity index (χ2v) is 4.27. The molecule has 0 aliphatic heterocycles. The zero-order valence-electron chi connectivity index (χ0n) is 9.76. The smallest absolute Gasteiger partial charge is 0.219 e. The molecule has 0 amide bonds. The molecular weight excluding hydrogens is 253 g/mol. The molecular formula is C12H12FN3OS. The van der Waals surface area contributed by atoms with E-state index in [4.69, 9.17) is 10.5 Å². The van der Waals surface area contributed by atoms with Gasteiger partial charge in [-0.15, -0.1) is 0 Å². The molecule has 0 fully saturated rings. The van der Waals surface area contributed by atoms with E-state index in [0.29, 0.717) is 22.4 Å². The summed E-state index contributed by atoms with van der Waals surface area (Å²) in [6.45, 7) is 0.108. The number of anilines is 1. The van der Waals surface area contributed by atoms with Crippen LogP contribution in [0.5, 0.6) is 5.88 Å². The average Bonchev–Trinajstić information content (AvgIpc) is 2.37. The number of hydrogen-bond donors (Lipinski definition) is 1. The van der Waals surface area contributed by atoms with Crippen molar-refractivity contribution in [2.75, 3.05) is 12.0 Å². The minimum Gasteiger partial charge on any atom is -0.473 e. The highest BCUT2D eigenvalue weighted by molar-refractivity contribution is 7.98. The quantitative estimate of drug-likeness (QED) is 0.680. The highest BCUT2D eigenvalue weighted by Gasteiger charge is 2.05. The van der Waals surface area contributed by atoms with E-state index in [1.54, 1.807) is 18.2 Å². The molecule has 0 radical (unpaired) electrons. The van der Waals surface area contributed by atoms with E-state index in [1.165, 1.54) is 23.9 Å². The van der Waals surface area contributed by atoms with E-state index >= 15 is 0 Å². The van der Waals surface area contributed by atoms with Crippen LogP contribution in [0.25, 0.3) is 0 Å². The lowest BCUT2D eigenvalue weighted by Gasteiger charge is -2.07. The van der Waals surface area contributed by atoms with Crippen molar-refractivity contribution >= 4 is 17.6 Å². The third-order valence-corrected chi connectivity index (χ3v) is 2.77. The third-order valence-electron chi connectivity index (χ3n) is 2.22. The van der Waals surface area contributed by atoms with Crippen LogP contribution in [0.4, 0.5) is 10.2 Å². The molecule has 2 rings (SSSR count). The summed E-state index contributed by atoms with van der Waals surface area (Å²) in [5.41, 5.74) is 6.09. The Kier molecular flexibility index (Phi) is 3.99. The van der Waals surface area contributed by atoms with Gasteiger partial charge in [0.05, 0.1) is 0 Å². The van der Waals surface area contributed by atoms with Crippen LogP contribution in [0.3, 0.4) is 0 Å². The fourth-order valence-corrected chi connectivity index (χ4v) is 1.73. The molecule has 0 atom stereocenters. The molecule has 6 heteroatoms. The monoisotopic (exact) mass is 265 g/mol. The summed E-state index contributed by atoms with van der Waals surface area (Å²) in [7, 11) is 0. The zero-order valence-corrected chi connectivity index (χ0v) is 10.6. The van der Waals surface area contributed by atoms with Crippen molar-refractivity contribution < 1.29 is 9.13 Å². The summed E-state index contributed by atoms with van der Waals surface area (Å²) in [5, 5.41) is 0.526. The molecule has 0 aliphatic rings. The van der Waals surface area contributed by atoms with Gasteiger partial charge >= 0.3 is 0 Å². The molecule has 1 heterocycles. The number of nitrogens with zero attached hydrogens (tertiary/aromatic N) is 2. The molecule has 0 saturated heterocycles.